The molecule has 1 aromatic carbocycles. The summed E-state index contributed by atoms with van der Waals surface area (Å²) < 4.78 is 0. The summed E-state index contributed by atoms with van der Waals surface area (Å²) in [5.74, 6) is -5.02. The van der Waals surface area contributed by atoms with Gasteiger partial charge in [-0.05, 0) is 49.5 Å². The standard InChI is InChI=1S/C17H22ClN3.C6H8O7/c1-20(2)11-12-21(14-16-7-9-19-10-8-16)13-15-3-5-17(18)6-4-15;7-3(8)1-6(13,5(11)12)2-4(9)10/h3-10H,11-14H2,1-2H3;13H,1-2H2,(H,7,8)(H,9,10)(H,11,12). The Hall–Kier alpha value is -3.05. The summed E-state index contributed by atoms with van der Waals surface area (Å²) in [5, 5.41) is 34.6. The molecular weight excluding hydrogens is 466 g/mol. The van der Waals surface area contributed by atoms with Crippen LogP contribution in [0.2, 0.25) is 5.02 Å². The van der Waals surface area contributed by atoms with Crippen molar-refractivity contribution in [3.63, 3.8) is 0 Å². The molecule has 11 heteroatoms. The molecule has 10 nitrogen and oxygen atoms in total. The molecule has 0 aliphatic heterocycles. The predicted octanol–water partition coefficient (Wildman–Crippen LogP) is 2.05. The highest BCUT2D eigenvalue weighted by molar-refractivity contribution is 6.30. The number of likely N-dealkylation sites (N-methyl/N-ethyl adjacent to an activating group) is 1. The number of aromatic nitrogens is 1. The number of aliphatic carboxylic acids is 3. The van der Waals surface area contributed by atoms with E-state index >= 15 is 0 Å². The number of carboxylic acid groups (broad SMARTS) is 3. The van der Waals surface area contributed by atoms with Crippen molar-refractivity contribution in [3.8, 4) is 0 Å². The normalized spacial score (nSPS) is 11.1. The van der Waals surface area contributed by atoms with E-state index in [0.717, 1.165) is 31.2 Å². The Labute approximate surface area is 203 Å². The van der Waals surface area contributed by atoms with E-state index in [1.165, 1.54) is 11.1 Å². The number of hydrogen-bond acceptors (Lipinski definition) is 7. The maximum atomic E-state index is 10.3. The zero-order valence-electron chi connectivity index (χ0n) is 19.1. The van der Waals surface area contributed by atoms with Gasteiger partial charge >= 0.3 is 17.9 Å². The van der Waals surface area contributed by atoms with Crippen molar-refractivity contribution < 1.29 is 34.8 Å². The first-order chi connectivity index (χ1) is 15.9. The lowest BCUT2D eigenvalue weighted by Crippen LogP contribution is -2.42. The van der Waals surface area contributed by atoms with Crippen molar-refractivity contribution in [3.05, 3.63) is 64.9 Å². The van der Waals surface area contributed by atoms with Crippen molar-refractivity contribution >= 4 is 29.5 Å². The summed E-state index contributed by atoms with van der Waals surface area (Å²) >= 11 is 5.95. The number of hydrogen-bond donors (Lipinski definition) is 4. The van der Waals surface area contributed by atoms with Gasteiger partial charge in [0, 0.05) is 43.6 Å². The van der Waals surface area contributed by atoms with Crippen LogP contribution in [0, 0.1) is 0 Å². The number of benzene rings is 1. The Kier molecular flexibility index (Phi) is 12.2. The SMILES string of the molecule is CN(C)CCN(Cc1ccncc1)Cc1ccc(Cl)cc1.O=C(O)CC(O)(CC(=O)O)C(=O)O. The molecule has 0 unspecified atom stereocenters. The molecule has 34 heavy (non-hydrogen) atoms. The fourth-order valence-corrected chi connectivity index (χ4v) is 2.99. The van der Waals surface area contributed by atoms with Crippen molar-refractivity contribution in [1.82, 2.24) is 14.8 Å². The molecule has 186 valence electrons. The van der Waals surface area contributed by atoms with Gasteiger partial charge in [0.25, 0.3) is 0 Å². The molecule has 1 aromatic heterocycles. The maximum Gasteiger partial charge on any atom is 0.336 e. The Balaban J connectivity index is 0.000000385. The molecule has 1 heterocycles. The van der Waals surface area contributed by atoms with Crippen LogP contribution in [-0.2, 0) is 27.5 Å². The molecule has 0 bridgehead atoms. The molecule has 0 amide bonds. The third kappa shape index (κ3) is 11.7. The summed E-state index contributed by atoms with van der Waals surface area (Å²) in [6.07, 6.45) is 1.41. The Morgan fingerprint density at radius 2 is 1.32 bits per heavy atom. The fraction of sp³-hybridized carbons (Fsp3) is 0.391. The number of halogens is 1. The smallest absolute Gasteiger partial charge is 0.336 e. The van der Waals surface area contributed by atoms with Gasteiger partial charge in [0.05, 0.1) is 12.8 Å². The summed E-state index contributed by atoms with van der Waals surface area (Å²) in [4.78, 5) is 39.2. The molecule has 0 saturated carbocycles. The Morgan fingerprint density at radius 3 is 1.74 bits per heavy atom. The quantitative estimate of drug-likeness (QED) is 0.344. The number of rotatable bonds is 12. The van der Waals surface area contributed by atoms with Gasteiger partial charge in [-0.15, -0.1) is 0 Å². The molecule has 0 fully saturated rings. The zero-order chi connectivity index (χ0) is 25.7. The zero-order valence-corrected chi connectivity index (χ0v) is 19.9. The molecule has 0 saturated heterocycles. The van der Waals surface area contributed by atoms with Crippen LogP contribution in [-0.4, -0.2) is 85.9 Å². The highest BCUT2D eigenvalue weighted by Crippen LogP contribution is 2.16. The van der Waals surface area contributed by atoms with Crippen LogP contribution >= 0.6 is 11.6 Å². The highest BCUT2D eigenvalue weighted by Gasteiger charge is 2.40. The molecule has 0 spiro atoms. The van der Waals surface area contributed by atoms with Gasteiger partial charge < -0.3 is 25.3 Å². The summed E-state index contributed by atoms with van der Waals surface area (Å²) in [6.45, 7) is 3.92. The molecule has 2 rings (SSSR count). The van der Waals surface area contributed by atoms with Crippen LogP contribution in [0.25, 0.3) is 0 Å². The second-order valence-corrected chi connectivity index (χ2v) is 8.41. The lowest BCUT2D eigenvalue weighted by atomic mass is 9.96. The highest BCUT2D eigenvalue weighted by atomic mass is 35.5. The number of pyridine rings is 1. The van der Waals surface area contributed by atoms with Gasteiger partial charge in [0.1, 0.15) is 0 Å². The van der Waals surface area contributed by atoms with Crippen LogP contribution in [0.4, 0.5) is 0 Å². The van der Waals surface area contributed by atoms with E-state index in [1.807, 2.05) is 24.5 Å². The molecule has 4 N–H and O–H groups in total. The van der Waals surface area contributed by atoms with E-state index in [1.54, 1.807) is 0 Å². The Morgan fingerprint density at radius 1 is 0.853 bits per heavy atom. The summed E-state index contributed by atoms with van der Waals surface area (Å²) in [5.41, 5.74) is -0.164. The lowest BCUT2D eigenvalue weighted by molar-refractivity contribution is -0.170. The fourth-order valence-electron chi connectivity index (χ4n) is 2.86. The van der Waals surface area contributed by atoms with E-state index < -0.39 is 36.4 Å². The van der Waals surface area contributed by atoms with Crippen molar-refractivity contribution in [2.24, 2.45) is 0 Å². The Bertz CT molecular complexity index is 908. The van der Waals surface area contributed by atoms with Gasteiger partial charge in [-0.3, -0.25) is 19.5 Å². The van der Waals surface area contributed by atoms with Crippen molar-refractivity contribution in [1.29, 1.82) is 0 Å². The van der Waals surface area contributed by atoms with Crippen molar-refractivity contribution in [2.75, 3.05) is 27.2 Å². The molecule has 0 atom stereocenters. The van der Waals surface area contributed by atoms with Crippen LogP contribution in [0.1, 0.15) is 24.0 Å². The molecule has 0 aliphatic rings. The second kappa shape index (κ2) is 14.3. The minimum absolute atomic E-state index is 0.785. The van der Waals surface area contributed by atoms with E-state index in [-0.39, 0.29) is 0 Å². The third-order valence-electron chi connectivity index (χ3n) is 4.62. The van der Waals surface area contributed by atoms with Crippen LogP contribution in [0.5, 0.6) is 0 Å². The van der Waals surface area contributed by atoms with Crippen LogP contribution in [0.3, 0.4) is 0 Å². The van der Waals surface area contributed by atoms with E-state index in [9.17, 15) is 14.4 Å². The monoisotopic (exact) mass is 495 g/mol. The van der Waals surface area contributed by atoms with Crippen LogP contribution < -0.4 is 0 Å². The number of nitrogens with zero attached hydrogens (tertiary/aromatic N) is 3. The lowest BCUT2D eigenvalue weighted by Gasteiger charge is -2.24. The minimum atomic E-state index is -2.74. The van der Waals surface area contributed by atoms with Crippen molar-refractivity contribution in [2.45, 2.75) is 31.5 Å². The van der Waals surface area contributed by atoms with E-state index in [0.29, 0.717) is 0 Å². The number of aliphatic hydroxyl groups is 1. The topological polar surface area (TPSA) is 152 Å². The number of carboxylic acids is 3. The number of carbonyl (C=O) groups is 3. The van der Waals surface area contributed by atoms with Gasteiger partial charge in [-0.1, -0.05) is 23.7 Å². The maximum absolute atomic E-state index is 10.3. The first-order valence-electron chi connectivity index (χ1n) is 10.3. The summed E-state index contributed by atoms with van der Waals surface area (Å²) in [7, 11) is 4.21. The largest absolute Gasteiger partial charge is 0.481 e. The summed E-state index contributed by atoms with van der Waals surface area (Å²) in [6, 6.07) is 12.2. The van der Waals surface area contributed by atoms with Gasteiger partial charge in [0.15, 0.2) is 5.60 Å². The van der Waals surface area contributed by atoms with Crippen LogP contribution in [0.15, 0.2) is 48.8 Å². The molecule has 0 aliphatic carbocycles. The minimum Gasteiger partial charge on any atom is -0.481 e. The van der Waals surface area contributed by atoms with Gasteiger partial charge in [0.2, 0.25) is 0 Å². The molecule has 2 aromatic rings. The van der Waals surface area contributed by atoms with E-state index in [4.69, 9.17) is 32.0 Å². The second-order valence-electron chi connectivity index (χ2n) is 7.97. The van der Waals surface area contributed by atoms with E-state index in [2.05, 4.69) is 53.1 Å². The van der Waals surface area contributed by atoms with Gasteiger partial charge in [-0.25, -0.2) is 4.79 Å². The molecule has 0 radical (unpaired) electrons. The predicted molar refractivity (Wildman–Crippen MR) is 125 cm³/mol. The first kappa shape index (κ1) is 29.0. The third-order valence-corrected chi connectivity index (χ3v) is 4.88. The average molecular weight is 496 g/mol. The first-order valence-corrected chi connectivity index (χ1v) is 10.7. The molecular formula is C23H30ClN3O7. The van der Waals surface area contributed by atoms with Gasteiger partial charge in [-0.2, -0.15) is 0 Å². The average Bonchev–Trinajstić information content (AvgIpc) is 2.73.